The van der Waals surface area contributed by atoms with Crippen LogP contribution >= 0.6 is 27.7 Å². The molecule has 0 radical (unpaired) electrons. The third-order valence-electron chi connectivity index (χ3n) is 3.69. The summed E-state index contributed by atoms with van der Waals surface area (Å²) in [7, 11) is 1.60. The van der Waals surface area contributed by atoms with Crippen molar-refractivity contribution in [1.82, 2.24) is 5.32 Å². The first kappa shape index (κ1) is 14.7. The summed E-state index contributed by atoms with van der Waals surface area (Å²) in [5.41, 5.74) is 0.620. The molecule has 5 heteroatoms. The predicted octanol–water partition coefficient (Wildman–Crippen LogP) is 3.47. The van der Waals surface area contributed by atoms with Crippen LogP contribution < -0.4 is 10.1 Å². The first-order valence-electron chi connectivity index (χ1n) is 6.27. The number of halogens is 1. The van der Waals surface area contributed by atoms with Crippen molar-refractivity contribution in [3.8, 4) is 5.75 Å². The zero-order valence-corrected chi connectivity index (χ0v) is 13.6. The van der Waals surface area contributed by atoms with E-state index < -0.39 is 0 Å². The van der Waals surface area contributed by atoms with E-state index in [-0.39, 0.29) is 10.7 Å². The Hall–Kier alpha value is -0.680. The second-order valence-corrected chi connectivity index (χ2v) is 6.90. The van der Waals surface area contributed by atoms with Crippen molar-refractivity contribution < 1.29 is 9.53 Å². The van der Waals surface area contributed by atoms with Crippen LogP contribution in [0.5, 0.6) is 5.75 Å². The van der Waals surface area contributed by atoms with E-state index in [0.717, 1.165) is 11.0 Å². The monoisotopic (exact) mass is 343 g/mol. The molecule has 0 aliphatic heterocycles. The van der Waals surface area contributed by atoms with Crippen LogP contribution in [-0.4, -0.2) is 30.6 Å². The molecule has 3 nitrogen and oxygen atoms in total. The van der Waals surface area contributed by atoms with Crippen molar-refractivity contribution in [2.45, 2.75) is 24.0 Å². The minimum atomic E-state index is -0.0499. The van der Waals surface area contributed by atoms with Gasteiger partial charge in [0.1, 0.15) is 5.75 Å². The predicted molar refractivity (Wildman–Crippen MR) is 83.1 cm³/mol. The maximum absolute atomic E-state index is 12.2. The van der Waals surface area contributed by atoms with Gasteiger partial charge >= 0.3 is 0 Å². The number of ether oxygens (including phenoxy) is 1. The van der Waals surface area contributed by atoms with Gasteiger partial charge in [-0.3, -0.25) is 4.79 Å². The SMILES string of the molecule is COc1ccc(Br)c(C(=O)NCC2(SC)CCC2)c1. The fraction of sp³-hybridized carbons (Fsp3) is 0.500. The molecule has 0 heterocycles. The van der Waals surface area contributed by atoms with Gasteiger partial charge in [0.2, 0.25) is 0 Å². The number of amides is 1. The van der Waals surface area contributed by atoms with Crippen molar-refractivity contribution in [2.75, 3.05) is 19.9 Å². The van der Waals surface area contributed by atoms with Gasteiger partial charge in [0.25, 0.3) is 5.91 Å². The first-order valence-corrected chi connectivity index (χ1v) is 8.29. The van der Waals surface area contributed by atoms with Crippen LogP contribution in [0, 0.1) is 0 Å². The molecule has 1 aromatic rings. The lowest BCUT2D eigenvalue weighted by Gasteiger charge is -2.40. The fourth-order valence-electron chi connectivity index (χ4n) is 2.17. The number of nitrogens with one attached hydrogen (secondary N) is 1. The third-order valence-corrected chi connectivity index (χ3v) is 5.80. The van der Waals surface area contributed by atoms with Gasteiger partial charge in [-0.15, -0.1) is 0 Å². The van der Waals surface area contributed by atoms with Crippen LogP contribution in [0.4, 0.5) is 0 Å². The van der Waals surface area contributed by atoms with Crippen molar-refractivity contribution >= 4 is 33.6 Å². The summed E-state index contributed by atoms with van der Waals surface area (Å²) in [6.45, 7) is 0.733. The highest BCUT2D eigenvalue weighted by Crippen LogP contribution is 2.42. The Balaban J connectivity index is 2.03. The van der Waals surface area contributed by atoms with Crippen LogP contribution in [0.3, 0.4) is 0 Å². The highest BCUT2D eigenvalue weighted by atomic mass is 79.9. The number of methoxy groups -OCH3 is 1. The Bertz CT molecular complexity index is 469. The number of hydrogen-bond donors (Lipinski definition) is 1. The molecule has 1 saturated carbocycles. The number of carbonyl (C=O) groups excluding carboxylic acids is 1. The number of carbonyl (C=O) groups is 1. The molecule has 0 unspecified atom stereocenters. The minimum Gasteiger partial charge on any atom is -0.497 e. The minimum absolute atomic E-state index is 0.0499. The molecule has 1 aliphatic rings. The molecule has 0 saturated heterocycles. The summed E-state index contributed by atoms with van der Waals surface area (Å²) >= 11 is 5.26. The zero-order valence-electron chi connectivity index (χ0n) is 11.2. The van der Waals surface area contributed by atoms with Gasteiger partial charge in [0, 0.05) is 15.8 Å². The van der Waals surface area contributed by atoms with E-state index in [2.05, 4.69) is 27.5 Å². The smallest absolute Gasteiger partial charge is 0.252 e. The molecule has 1 fully saturated rings. The standard InChI is InChI=1S/C14H18BrNO2S/c1-18-10-4-5-12(15)11(8-10)13(17)16-9-14(19-2)6-3-7-14/h4-5,8H,3,6-7,9H2,1-2H3,(H,16,17). The lowest BCUT2D eigenvalue weighted by atomic mass is 9.84. The molecule has 1 amide bonds. The van der Waals surface area contributed by atoms with Crippen LogP contribution in [-0.2, 0) is 0 Å². The Morgan fingerprint density at radius 3 is 2.79 bits per heavy atom. The summed E-state index contributed by atoms with van der Waals surface area (Å²) < 4.78 is 6.19. The van der Waals surface area contributed by atoms with E-state index in [9.17, 15) is 4.79 Å². The summed E-state index contributed by atoms with van der Waals surface area (Å²) in [6.07, 6.45) is 5.76. The molecule has 19 heavy (non-hydrogen) atoms. The average molecular weight is 344 g/mol. The number of hydrogen-bond acceptors (Lipinski definition) is 3. The number of rotatable bonds is 5. The molecule has 1 N–H and O–H groups in total. The average Bonchev–Trinajstić information content (AvgIpc) is 2.38. The van der Waals surface area contributed by atoms with E-state index in [0.29, 0.717) is 11.3 Å². The molecule has 1 aliphatic carbocycles. The quantitative estimate of drug-likeness (QED) is 0.889. The van der Waals surface area contributed by atoms with Crippen LogP contribution in [0.15, 0.2) is 22.7 Å². The third kappa shape index (κ3) is 3.26. The normalized spacial score (nSPS) is 16.6. The lowest BCUT2D eigenvalue weighted by Crippen LogP contribution is -2.45. The molecule has 0 bridgehead atoms. The number of benzene rings is 1. The fourth-order valence-corrected chi connectivity index (χ4v) is 3.51. The molecule has 0 spiro atoms. The van der Waals surface area contributed by atoms with Gasteiger partial charge in [-0.25, -0.2) is 0 Å². The Morgan fingerprint density at radius 1 is 1.53 bits per heavy atom. The molecule has 0 atom stereocenters. The first-order chi connectivity index (χ1) is 9.10. The number of thioether (sulfide) groups is 1. The summed E-state index contributed by atoms with van der Waals surface area (Å²) in [5.74, 6) is 0.641. The van der Waals surface area contributed by atoms with Crippen molar-refractivity contribution in [3.63, 3.8) is 0 Å². The molecule has 0 aromatic heterocycles. The molecular formula is C14H18BrNO2S. The van der Waals surface area contributed by atoms with Crippen molar-refractivity contribution in [3.05, 3.63) is 28.2 Å². The largest absolute Gasteiger partial charge is 0.497 e. The second kappa shape index (κ2) is 6.18. The van der Waals surface area contributed by atoms with Crippen LogP contribution in [0.25, 0.3) is 0 Å². The zero-order chi connectivity index (χ0) is 13.9. The van der Waals surface area contributed by atoms with E-state index >= 15 is 0 Å². The van der Waals surface area contributed by atoms with Gasteiger partial charge in [-0.2, -0.15) is 11.8 Å². The van der Waals surface area contributed by atoms with Gasteiger partial charge in [0.15, 0.2) is 0 Å². The maximum Gasteiger partial charge on any atom is 0.252 e. The van der Waals surface area contributed by atoms with E-state index in [4.69, 9.17) is 4.74 Å². The van der Waals surface area contributed by atoms with E-state index in [1.165, 1.54) is 19.3 Å². The molecular weight excluding hydrogens is 326 g/mol. The highest BCUT2D eigenvalue weighted by Gasteiger charge is 2.36. The van der Waals surface area contributed by atoms with Crippen molar-refractivity contribution in [2.24, 2.45) is 0 Å². The highest BCUT2D eigenvalue weighted by molar-refractivity contribution is 9.10. The lowest BCUT2D eigenvalue weighted by molar-refractivity contribution is 0.0943. The molecule has 104 valence electrons. The maximum atomic E-state index is 12.2. The molecule has 2 rings (SSSR count). The van der Waals surface area contributed by atoms with Gasteiger partial charge < -0.3 is 10.1 Å². The Morgan fingerprint density at radius 2 is 2.26 bits per heavy atom. The van der Waals surface area contributed by atoms with Gasteiger partial charge in [0.05, 0.1) is 12.7 Å². The topological polar surface area (TPSA) is 38.3 Å². The second-order valence-electron chi connectivity index (χ2n) is 4.77. The van der Waals surface area contributed by atoms with Crippen LogP contribution in [0.2, 0.25) is 0 Å². The van der Waals surface area contributed by atoms with E-state index in [1.807, 2.05) is 23.9 Å². The van der Waals surface area contributed by atoms with Gasteiger partial charge in [-0.1, -0.05) is 6.42 Å². The summed E-state index contributed by atoms with van der Waals surface area (Å²) in [4.78, 5) is 12.2. The summed E-state index contributed by atoms with van der Waals surface area (Å²) in [5, 5.41) is 3.04. The Labute approximate surface area is 126 Å². The van der Waals surface area contributed by atoms with Crippen molar-refractivity contribution in [1.29, 1.82) is 0 Å². The Kier molecular flexibility index (Phi) is 4.79. The van der Waals surface area contributed by atoms with E-state index in [1.54, 1.807) is 13.2 Å². The molecule has 1 aromatic carbocycles. The van der Waals surface area contributed by atoms with Gasteiger partial charge in [-0.05, 0) is 53.2 Å². The summed E-state index contributed by atoms with van der Waals surface area (Å²) in [6, 6.07) is 5.42. The van der Waals surface area contributed by atoms with Crippen LogP contribution in [0.1, 0.15) is 29.6 Å².